The lowest BCUT2D eigenvalue weighted by Gasteiger charge is -2.10. The molecule has 130 valence electrons. The second-order valence-electron chi connectivity index (χ2n) is 5.01. The topological polar surface area (TPSA) is 78.7 Å². The number of anilines is 1. The normalized spacial score (nSPS) is 10.7. The zero-order valence-corrected chi connectivity index (χ0v) is 16.2. The lowest BCUT2D eigenvalue weighted by molar-refractivity contribution is -0.114. The summed E-state index contributed by atoms with van der Waals surface area (Å²) in [6, 6.07) is 11.4. The summed E-state index contributed by atoms with van der Waals surface area (Å²) < 4.78 is 5.29. The van der Waals surface area contributed by atoms with E-state index in [1.807, 2.05) is 43.3 Å². The van der Waals surface area contributed by atoms with Crippen LogP contribution in [0.25, 0.3) is 0 Å². The second kappa shape index (κ2) is 10.7. The Kier molecular flexibility index (Phi) is 8.92. The fraction of sp³-hybridized carbons (Fsp3) is 0.294. The van der Waals surface area contributed by atoms with Gasteiger partial charge in [0.05, 0.1) is 19.4 Å². The van der Waals surface area contributed by atoms with Crippen molar-refractivity contribution in [1.82, 2.24) is 10.6 Å². The molecule has 1 heterocycles. The summed E-state index contributed by atoms with van der Waals surface area (Å²) in [5.41, 5.74) is 1.80. The molecular formula is C17H23IN4O2. The SMILES string of the molecule is CCNC(=NCc1cccc(NC(C)=O)c1)NCc1ccco1.I. The molecule has 1 aromatic carbocycles. The monoisotopic (exact) mass is 442 g/mol. The Labute approximate surface area is 159 Å². The van der Waals surface area contributed by atoms with Crippen LogP contribution in [-0.4, -0.2) is 18.4 Å². The molecule has 0 bridgehead atoms. The number of benzene rings is 1. The van der Waals surface area contributed by atoms with E-state index in [9.17, 15) is 4.79 Å². The molecule has 0 saturated carbocycles. The van der Waals surface area contributed by atoms with Crippen molar-refractivity contribution in [2.75, 3.05) is 11.9 Å². The molecule has 24 heavy (non-hydrogen) atoms. The van der Waals surface area contributed by atoms with Crippen molar-refractivity contribution < 1.29 is 9.21 Å². The molecule has 6 nitrogen and oxygen atoms in total. The van der Waals surface area contributed by atoms with Gasteiger partial charge in [0.15, 0.2) is 5.96 Å². The molecule has 0 fully saturated rings. The number of carbonyl (C=O) groups excluding carboxylic acids is 1. The van der Waals surface area contributed by atoms with Crippen molar-refractivity contribution in [1.29, 1.82) is 0 Å². The summed E-state index contributed by atoms with van der Waals surface area (Å²) >= 11 is 0. The summed E-state index contributed by atoms with van der Waals surface area (Å²) in [5.74, 6) is 1.48. The van der Waals surface area contributed by atoms with Crippen LogP contribution in [0.15, 0.2) is 52.1 Å². The number of guanidine groups is 1. The van der Waals surface area contributed by atoms with Gasteiger partial charge in [-0.05, 0) is 36.8 Å². The maximum atomic E-state index is 11.1. The van der Waals surface area contributed by atoms with Crippen LogP contribution in [0.3, 0.4) is 0 Å². The zero-order valence-electron chi connectivity index (χ0n) is 13.8. The van der Waals surface area contributed by atoms with Crippen LogP contribution in [0.5, 0.6) is 0 Å². The summed E-state index contributed by atoms with van der Waals surface area (Å²) in [6.45, 7) is 5.37. The average Bonchev–Trinajstić information content (AvgIpc) is 3.03. The third kappa shape index (κ3) is 7.03. The highest BCUT2D eigenvalue weighted by molar-refractivity contribution is 14.0. The molecule has 0 spiro atoms. The highest BCUT2D eigenvalue weighted by Crippen LogP contribution is 2.11. The third-order valence-electron chi connectivity index (χ3n) is 3.02. The van der Waals surface area contributed by atoms with Gasteiger partial charge in [0.1, 0.15) is 5.76 Å². The van der Waals surface area contributed by atoms with Gasteiger partial charge in [-0.25, -0.2) is 4.99 Å². The van der Waals surface area contributed by atoms with Crippen molar-refractivity contribution in [2.45, 2.75) is 26.9 Å². The van der Waals surface area contributed by atoms with Crippen LogP contribution >= 0.6 is 24.0 Å². The van der Waals surface area contributed by atoms with Gasteiger partial charge in [0, 0.05) is 19.2 Å². The first-order chi connectivity index (χ1) is 11.2. The summed E-state index contributed by atoms with van der Waals surface area (Å²) in [6.07, 6.45) is 1.65. The van der Waals surface area contributed by atoms with E-state index < -0.39 is 0 Å². The predicted octanol–water partition coefficient (Wildman–Crippen LogP) is 3.11. The molecule has 0 aliphatic carbocycles. The minimum Gasteiger partial charge on any atom is -0.467 e. The van der Waals surface area contributed by atoms with Crippen molar-refractivity contribution >= 4 is 41.5 Å². The number of amides is 1. The highest BCUT2D eigenvalue weighted by Gasteiger charge is 2.01. The lowest BCUT2D eigenvalue weighted by atomic mass is 10.2. The van der Waals surface area contributed by atoms with E-state index >= 15 is 0 Å². The number of halogens is 1. The van der Waals surface area contributed by atoms with Gasteiger partial charge in [0.2, 0.25) is 5.91 Å². The second-order valence-corrected chi connectivity index (χ2v) is 5.01. The van der Waals surface area contributed by atoms with Gasteiger partial charge in [-0.15, -0.1) is 24.0 Å². The molecule has 0 aliphatic heterocycles. The van der Waals surface area contributed by atoms with Crippen LogP contribution in [0, 0.1) is 0 Å². The fourth-order valence-electron chi connectivity index (χ4n) is 2.05. The van der Waals surface area contributed by atoms with Crippen molar-refractivity contribution in [3.63, 3.8) is 0 Å². The molecule has 0 unspecified atom stereocenters. The number of furan rings is 1. The van der Waals surface area contributed by atoms with E-state index in [0.29, 0.717) is 19.0 Å². The van der Waals surface area contributed by atoms with Crippen LogP contribution in [0.4, 0.5) is 5.69 Å². The Morgan fingerprint density at radius 3 is 2.71 bits per heavy atom. The van der Waals surface area contributed by atoms with Crippen LogP contribution < -0.4 is 16.0 Å². The van der Waals surface area contributed by atoms with Gasteiger partial charge in [0.25, 0.3) is 0 Å². The van der Waals surface area contributed by atoms with E-state index in [1.165, 1.54) is 6.92 Å². The number of aliphatic imine (C=N–C) groups is 1. The summed E-state index contributed by atoms with van der Waals surface area (Å²) in [7, 11) is 0. The fourth-order valence-corrected chi connectivity index (χ4v) is 2.05. The molecule has 7 heteroatoms. The van der Waals surface area contributed by atoms with E-state index in [0.717, 1.165) is 23.6 Å². The first-order valence-electron chi connectivity index (χ1n) is 7.58. The quantitative estimate of drug-likeness (QED) is 0.365. The molecule has 0 atom stereocenters. The van der Waals surface area contributed by atoms with E-state index in [1.54, 1.807) is 6.26 Å². The maximum Gasteiger partial charge on any atom is 0.221 e. The molecule has 0 radical (unpaired) electrons. The smallest absolute Gasteiger partial charge is 0.221 e. The summed E-state index contributed by atoms with van der Waals surface area (Å²) in [4.78, 5) is 15.6. The Hall–Kier alpha value is -2.03. The Bertz CT molecular complexity index is 656. The molecular weight excluding hydrogens is 419 g/mol. The van der Waals surface area contributed by atoms with Crippen molar-refractivity contribution in [3.05, 3.63) is 54.0 Å². The molecule has 1 amide bonds. The van der Waals surface area contributed by atoms with Gasteiger partial charge in [-0.2, -0.15) is 0 Å². The first-order valence-corrected chi connectivity index (χ1v) is 7.58. The summed E-state index contributed by atoms with van der Waals surface area (Å²) in [5, 5.41) is 9.18. The van der Waals surface area contributed by atoms with Crippen molar-refractivity contribution in [3.8, 4) is 0 Å². The molecule has 2 rings (SSSR count). The Morgan fingerprint density at radius 1 is 1.21 bits per heavy atom. The maximum absolute atomic E-state index is 11.1. The van der Waals surface area contributed by atoms with Gasteiger partial charge in [-0.1, -0.05) is 12.1 Å². The lowest BCUT2D eigenvalue weighted by Crippen LogP contribution is -2.36. The molecule has 0 saturated heterocycles. The van der Waals surface area contributed by atoms with Gasteiger partial charge in [-0.3, -0.25) is 4.79 Å². The molecule has 2 aromatic rings. The minimum atomic E-state index is -0.0842. The van der Waals surface area contributed by atoms with E-state index in [-0.39, 0.29) is 29.9 Å². The van der Waals surface area contributed by atoms with E-state index in [4.69, 9.17) is 4.42 Å². The van der Waals surface area contributed by atoms with Gasteiger partial charge >= 0.3 is 0 Å². The van der Waals surface area contributed by atoms with Crippen molar-refractivity contribution in [2.24, 2.45) is 4.99 Å². The highest BCUT2D eigenvalue weighted by atomic mass is 127. The third-order valence-corrected chi connectivity index (χ3v) is 3.02. The van der Waals surface area contributed by atoms with Crippen LogP contribution in [0.1, 0.15) is 25.2 Å². The number of nitrogens with one attached hydrogen (secondary N) is 3. The van der Waals surface area contributed by atoms with E-state index in [2.05, 4.69) is 20.9 Å². The molecule has 3 N–H and O–H groups in total. The standard InChI is InChI=1S/C17H22N4O2.HI/c1-3-18-17(20-12-16-8-5-9-23-16)19-11-14-6-4-7-15(10-14)21-13(2)22;/h4-10H,3,11-12H2,1-2H3,(H,21,22)(H2,18,19,20);1H. The predicted molar refractivity (Wildman–Crippen MR) is 107 cm³/mol. The zero-order chi connectivity index (χ0) is 16.5. The van der Waals surface area contributed by atoms with Gasteiger partial charge < -0.3 is 20.4 Å². The number of rotatable bonds is 6. The number of nitrogens with zero attached hydrogens (tertiary/aromatic N) is 1. The number of hydrogen-bond acceptors (Lipinski definition) is 3. The molecule has 0 aliphatic rings. The Morgan fingerprint density at radius 2 is 2.04 bits per heavy atom. The average molecular weight is 442 g/mol. The van der Waals surface area contributed by atoms with Crippen LogP contribution in [0.2, 0.25) is 0 Å². The number of carbonyl (C=O) groups is 1. The van der Waals surface area contributed by atoms with Crippen LogP contribution in [-0.2, 0) is 17.9 Å². The largest absolute Gasteiger partial charge is 0.467 e. The Balaban J connectivity index is 0.00000288. The number of hydrogen-bond donors (Lipinski definition) is 3. The first kappa shape index (κ1) is 20.0. The minimum absolute atomic E-state index is 0. The molecule has 1 aromatic heterocycles.